The molecule has 5 nitrogen and oxygen atoms in total. The summed E-state index contributed by atoms with van der Waals surface area (Å²) in [5, 5.41) is 5.75. The minimum absolute atomic E-state index is 0.0202. The van der Waals surface area contributed by atoms with Crippen molar-refractivity contribution in [3.05, 3.63) is 82.8 Å². The molecule has 128 valence electrons. The molecule has 0 N–H and O–H groups in total. The van der Waals surface area contributed by atoms with E-state index >= 15 is 0 Å². The molecule has 1 unspecified atom stereocenters. The normalized spacial score (nSPS) is 16.5. The third kappa shape index (κ3) is 2.37. The van der Waals surface area contributed by atoms with Crippen molar-refractivity contribution in [1.82, 2.24) is 19.3 Å². The van der Waals surface area contributed by atoms with Crippen LogP contribution in [-0.2, 0) is 0 Å². The van der Waals surface area contributed by atoms with Crippen LogP contribution in [0.25, 0.3) is 16.7 Å². The summed E-state index contributed by atoms with van der Waals surface area (Å²) in [6, 6.07) is 20.0. The van der Waals surface area contributed by atoms with E-state index in [9.17, 15) is 4.79 Å². The second-order valence-electron chi connectivity index (χ2n) is 6.26. The Hall–Kier alpha value is -2.86. The van der Waals surface area contributed by atoms with Gasteiger partial charge in [-0.25, -0.2) is 9.67 Å². The minimum atomic E-state index is -0.0202. The van der Waals surface area contributed by atoms with E-state index in [-0.39, 0.29) is 11.6 Å². The van der Waals surface area contributed by atoms with Crippen molar-refractivity contribution >= 4 is 22.8 Å². The molecule has 5 rings (SSSR count). The molecular formula is C20H16N4OS. The molecule has 0 saturated heterocycles. The van der Waals surface area contributed by atoms with Gasteiger partial charge in [-0.15, -0.1) is 0 Å². The van der Waals surface area contributed by atoms with E-state index in [1.54, 1.807) is 22.6 Å². The number of rotatable bonds is 2. The van der Waals surface area contributed by atoms with E-state index in [2.05, 4.69) is 17.2 Å². The number of hydrogen-bond acceptors (Lipinski definition) is 4. The summed E-state index contributed by atoms with van der Waals surface area (Å²) >= 11 is 1.63. The van der Waals surface area contributed by atoms with Crippen molar-refractivity contribution in [1.29, 1.82) is 0 Å². The van der Waals surface area contributed by atoms with Gasteiger partial charge in [0.15, 0.2) is 10.8 Å². The summed E-state index contributed by atoms with van der Waals surface area (Å²) in [6.45, 7) is 0. The maximum absolute atomic E-state index is 13.3. The molecule has 0 fully saturated rings. The first-order valence-electron chi connectivity index (χ1n) is 8.56. The number of nitrogens with zero attached hydrogens (tertiary/aromatic N) is 4. The van der Waals surface area contributed by atoms with Crippen molar-refractivity contribution in [3.63, 3.8) is 0 Å². The van der Waals surface area contributed by atoms with Gasteiger partial charge in [-0.3, -0.25) is 9.36 Å². The van der Waals surface area contributed by atoms with Gasteiger partial charge in [0.2, 0.25) is 0 Å². The van der Waals surface area contributed by atoms with Gasteiger partial charge < -0.3 is 0 Å². The lowest BCUT2D eigenvalue weighted by Gasteiger charge is -2.26. The van der Waals surface area contributed by atoms with E-state index in [0.717, 1.165) is 28.6 Å². The Morgan fingerprint density at radius 1 is 1.00 bits per heavy atom. The van der Waals surface area contributed by atoms with Crippen LogP contribution in [0.3, 0.4) is 0 Å². The molecule has 0 amide bonds. The summed E-state index contributed by atoms with van der Waals surface area (Å²) in [5.41, 5.74) is 2.65. The van der Waals surface area contributed by atoms with Crippen molar-refractivity contribution in [2.75, 3.05) is 5.75 Å². The zero-order valence-electron chi connectivity index (χ0n) is 13.9. The van der Waals surface area contributed by atoms with Crippen LogP contribution in [-0.4, -0.2) is 25.1 Å². The number of para-hydroxylation sites is 1. The van der Waals surface area contributed by atoms with Crippen molar-refractivity contribution in [3.8, 4) is 5.69 Å². The molecule has 4 aromatic rings. The van der Waals surface area contributed by atoms with Crippen LogP contribution in [0, 0.1) is 0 Å². The molecule has 1 atom stereocenters. The summed E-state index contributed by atoms with van der Waals surface area (Å²) in [6.07, 6.45) is 2.55. The first-order chi connectivity index (χ1) is 12.8. The summed E-state index contributed by atoms with van der Waals surface area (Å²) in [5.74, 6) is 0.941. The van der Waals surface area contributed by atoms with Crippen LogP contribution in [0.2, 0.25) is 0 Å². The van der Waals surface area contributed by atoms with Crippen molar-refractivity contribution in [2.45, 2.75) is 17.6 Å². The number of thioether (sulfide) groups is 1. The molecule has 26 heavy (non-hydrogen) atoms. The SMILES string of the molecule is O=c1c2cnn(-c3ccccc3)c2nc2n1C(c1ccccc1)CCS2. The quantitative estimate of drug-likeness (QED) is 0.512. The van der Waals surface area contributed by atoms with E-state index in [0.29, 0.717) is 11.0 Å². The highest BCUT2D eigenvalue weighted by Gasteiger charge is 2.26. The number of benzene rings is 2. The van der Waals surface area contributed by atoms with Gasteiger partial charge in [-0.2, -0.15) is 5.10 Å². The van der Waals surface area contributed by atoms with Crippen LogP contribution in [0.15, 0.2) is 76.8 Å². The van der Waals surface area contributed by atoms with E-state index < -0.39 is 0 Å². The molecule has 0 bridgehead atoms. The molecule has 1 aliphatic rings. The fourth-order valence-corrected chi connectivity index (χ4v) is 4.50. The van der Waals surface area contributed by atoms with Crippen molar-refractivity contribution in [2.24, 2.45) is 0 Å². The Labute approximate surface area is 154 Å². The van der Waals surface area contributed by atoms with Gasteiger partial charge in [0, 0.05) is 5.75 Å². The zero-order valence-corrected chi connectivity index (χ0v) is 14.8. The second-order valence-corrected chi connectivity index (χ2v) is 7.32. The minimum Gasteiger partial charge on any atom is -0.279 e. The molecule has 6 heteroatoms. The number of fused-ring (bicyclic) bond motifs is 2. The fourth-order valence-electron chi connectivity index (χ4n) is 3.48. The summed E-state index contributed by atoms with van der Waals surface area (Å²) in [4.78, 5) is 18.1. The Morgan fingerprint density at radius 3 is 2.50 bits per heavy atom. The summed E-state index contributed by atoms with van der Waals surface area (Å²) < 4.78 is 3.58. The average molecular weight is 360 g/mol. The number of aromatic nitrogens is 4. The fraction of sp³-hybridized carbons (Fsp3) is 0.150. The van der Waals surface area contributed by atoms with E-state index in [1.165, 1.54) is 0 Å². The first kappa shape index (κ1) is 15.4. The highest BCUT2D eigenvalue weighted by Crippen LogP contribution is 2.33. The van der Waals surface area contributed by atoms with Gasteiger partial charge >= 0.3 is 0 Å². The Kier molecular flexibility index (Phi) is 3.64. The Balaban J connectivity index is 1.73. The second kappa shape index (κ2) is 6.14. The van der Waals surface area contributed by atoms with Crippen LogP contribution in [0.1, 0.15) is 18.0 Å². The molecule has 3 heterocycles. The lowest BCUT2D eigenvalue weighted by Crippen LogP contribution is -2.31. The molecule has 2 aromatic carbocycles. The van der Waals surface area contributed by atoms with Crippen molar-refractivity contribution < 1.29 is 0 Å². The number of hydrogen-bond donors (Lipinski definition) is 0. The predicted octanol–water partition coefficient (Wildman–Crippen LogP) is 3.67. The average Bonchev–Trinajstić information content (AvgIpc) is 3.13. The van der Waals surface area contributed by atoms with Gasteiger partial charge in [-0.05, 0) is 24.1 Å². The highest BCUT2D eigenvalue weighted by atomic mass is 32.2. The maximum atomic E-state index is 13.3. The molecule has 2 aromatic heterocycles. The molecule has 0 spiro atoms. The van der Waals surface area contributed by atoms with E-state index in [4.69, 9.17) is 4.98 Å². The van der Waals surface area contributed by atoms with Gasteiger partial charge in [0.25, 0.3) is 5.56 Å². The van der Waals surface area contributed by atoms with Crippen LogP contribution < -0.4 is 5.56 Å². The highest BCUT2D eigenvalue weighted by molar-refractivity contribution is 7.99. The Morgan fingerprint density at radius 2 is 1.73 bits per heavy atom. The Bertz CT molecular complexity index is 1140. The van der Waals surface area contributed by atoms with Gasteiger partial charge in [0.05, 0.1) is 17.9 Å². The predicted molar refractivity (Wildman–Crippen MR) is 103 cm³/mol. The monoisotopic (exact) mass is 360 g/mol. The zero-order chi connectivity index (χ0) is 17.5. The first-order valence-corrected chi connectivity index (χ1v) is 9.55. The van der Waals surface area contributed by atoms with E-state index in [1.807, 2.05) is 53.1 Å². The van der Waals surface area contributed by atoms with Crippen LogP contribution in [0.4, 0.5) is 0 Å². The molecule has 0 radical (unpaired) electrons. The topological polar surface area (TPSA) is 52.7 Å². The summed E-state index contributed by atoms with van der Waals surface area (Å²) in [7, 11) is 0. The maximum Gasteiger partial charge on any atom is 0.265 e. The lowest BCUT2D eigenvalue weighted by molar-refractivity contribution is 0.486. The van der Waals surface area contributed by atoms with Crippen LogP contribution >= 0.6 is 11.8 Å². The van der Waals surface area contributed by atoms with Gasteiger partial charge in [-0.1, -0.05) is 60.3 Å². The smallest absolute Gasteiger partial charge is 0.265 e. The van der Waals surface area contributed by atoms with Crippen LogP contribution in [0.5, 0.6) is 0 Å². The lowest BCUT2D eigenvalue weighted by atomic mass is 10.0. The van der Waals surface area contributed by atoms with Gasteiger partial charge in [0.1, 0.15) is 5.39 Å². The molecule has 1 aliphatic heterocycles. The molecule has 0 aliphatic carbocycles. The largest absolute Gasteiger partial charge is 0.279 e. The standard InChI is InChI=1S/C20H16N4OS/c25-19-16-13-21-24(15-9-5-2-6-10-15)18(16)22-20-23(19)17(11-12-26-20)14-7-3-1-4-8-14/h1-10,13,17H,11-12H2. The molecule has 0 saturated carbocycles. The third-order valence-electron chi connectivity index (χ3n) is 4.72. The molecular weight excluding hydrogens is 344 g/mol. The third-order valence-corrected chi connectivity index (χ3v) is 5.71.